The molecule has 1 amide bonds. The van der Waals surface area contributed by atoms with E-state index in [4.69, 9.17) is 44.3 Å². The molecular formula is C24H20Cl3NO3. The van der Waals surface area contributed by atoms with Gasteiger partial charge in [0.25, 0.3) is 0 Å². The summed E-state index contributed by atoms with van der Waals surface area (Å²) in [5, 5.41) is 4.44. The molecule has 0 aliphatic heterocycles. The van der Waals surface area contributed by atoms with Gasteiger partial charge in [0.05, 0.1) is 7.11 Å². The number of rotatable bonds is 7. The lowest BCUT2D eigenvalue weighted by Crippen LogP contribution is -2.07. The highest BCUT2D eigenvalue weighted by molar-refractivity contribution is 6.36. The van der Waals surface area contributed by atoms with Crippen LogP contribution in [0.2, 0.25) is 15.1 Å². The quantitative estimate of drug-likeness (QED) is 0.367. The predicted molar refractivity (Wildman–Crippen MR) is 128 cm³/mol. The Labute approximate surface area is 196 Å². The highest BCUT2D eigenvalue weighted by Gasteiger charge is 2.10. The van der Waals surface area contributed by atoms with Gasteiger partial charge in [-0.05, 0) is 60.5 Å². The molecular weight excluding hydrogens is 457 g/mol. The van der Waals surface area contributed by atoms with Crippen molar-refractivity contribution in [2.75, 3.05) is 12.4 Å². The third-order valence-electron chi connectivity index (χ3n) is 4.49. The van der Waals surface area contributed by atoms with Crippen molar-refractivity contribution in [2.45, 2.75) is 13.5 Å². The minimum absolute atomic E-state index is 0.200. The van der Waals surface area contributed by atoms with Crippen LogP contribution < -0.4 is 14.8 Å². The summed E-state index contributed by atoms with van der Waals surface area (Å²) in [6.45, 7) is 2.10. The smallest absolute Gasteiger partial charge is 0.248 e. The molecule has 0 bridgehead atoms. The molecule has 1 N–H and O–H groups in total. The standard InChI is InChI=1S/C24H20Cl3NO3/c1-15-6-9-17(13-21(15)27)28-24(29)11-8-16-7-10-22(23(12-16)30-2)31-14-18-19(25)4-3-5-20(18)26/h3-13H,14H2,1-2H3,(H,28,29). The topological polar surface area (TPSA) is 47.6 Å². The number of carbonyl (C=O) groups excluding carboxylic acids is 1. The maximum Gasteiger partial charge on any atom is 0.248 e. The van der Waals surface area contributed by atoms with Crippen LogP contribution in [0, 0.1) is 6.92 Å². The van der Waals surface area contributed by atoms with E-state index in [1.807, 2.05) is 19.1 Å². The number of methoxy groups -OCH3 is 1. The van der Waals surface area contributed by atoms with Crippen LogP contribution in [0.25, 0.3) is 6.08 Å². The van der Waals surface area contributed by atoms with Crippen molar-refractivity contribution < 1.29 is 14.3 Å². The number of aryl methyl sites for hydroxylation is 1. The minimum Gasteiger partial charge on any atom is -0.493 e. The molecule has 0 saturated heterocycles. The maximum absolute atomic E-state index is 12.2. The van der Waals surface area contributed by atoms with Crippen LogP contribution in [0.5, 0.6) is 11.5 Å². The molecule has 3 aromatic carbocycles. The van der Waals surface area contributed by atoms with Gasteiger partial charge >= 0.3 is 0 Å². The van der Waals surface area contributed by atoms with Gasteiger partial charge in [-0.3, -0.25) is 4.79 Å². The Kier molecular flexibility index (Phi) is 7.85. The molecule has 0 heterocycles. The molecule has 0 spiro atoms. The second-order valence-corrected chi connectivity index (χ2v) is 7.91. The first-order valence-electron chi connectivity index (χ1n) is 9.36. The van der Waals surface area contributed by atoms with E-state index in [2.05, 4.69) is 5.32 Å². The summed E-state index contributed by atoms with van der Waals surface area (Å²) in [6, 6.07) is 16.0. The SMILES string of the molecule is COc1cc(C=CC(=O)Nc2ccc(C)c(Cl)c2)ccc1OCc1c(Cl)cccc1Cl. The van der Waals surface area contributed by atoms with E-state index in [-0.39, 0.29) is 12.5 Å². The first-order valence-corrected chi connectivity index (χ1v) is 10.5. The Balaban J connectivity index is 1.67. The zero-order valence-corrected chi connectivity index (χ0v) is 19.2. The molecule has 0 fully saturated rings. The average molecular weight is 477 g/mol. The lowest BCUT2D eigenvalue weighted by Gasteiger charge is -2.13. The third kappa shape index (κ3) is 6.17. The van der Waals surface area contributed by atoms with Crippen molar-refractivity contribution in [3.05, 3.63) is 92.4 Å². The summed E-state index contributed by atoms with van der Waals surface area (Å²) in [5.41, 5.74) is 3.05. The second kappa shape index (κ2) is 10.6. The van der Waals surface area contributed by atoms with Crippen LogP contribution >= 0.6 is 34.8 Å². The van der Waals surface area contributed by atoms with E-state index < -0.39 is 0 Å². The zero-order chi connectivity index (χ0) is 22.4. The fourth-order valence-electron chi connectivity index (χ4n) is 2.75. The van der Waals surface area contributed by atoms with Crippen molar-refractivity contribution >= 4 is 52.5 Å². The summed E-state index contributed by atoms with van der Waals surface area (Å²) in [7, 11) is 1.55. The zero-order valence-electron chi connectivity index (χ0n) is 16.9. The number of amides is 1. The number of nitrogens with one attached hydrogen (secondary N) is 1. The van der Waals surface area contributed by atoms with Gasteiger partial charge in [-0.25, -0.2) is 0 Å². The van der Waals surface area contributed by atoms with Crippen LogP contribution in [0.4, 0.5) is 5.69 Å². The molecule has 3 rings (SSSR count). The highest BCUT2D eigenvalue weighted by atomic mass is 35.5. The summed E-state index contributed by atoms with van der Waals surface area (Å²) < 4.78 is 11.3. The van der Waals surface area contributed by atoms with Gasteiger partial charge in [0.15, 0.2) is 11.5 Å². The lowest BCUT2D eigenvalue weighted by atomic mass is 10.1. The van der Waals surface area contributed by atoms with E-state index in [0.717, 1.165) is 11.1 Å². The Morgan fingerprint density at radius 2 is 1.71 bits per heavy atom. The van der Waals surface area contributed by atoms with Gasteiger partial charge in [0, 0.05) is 32.4 Å². The van der Waals surface area contributed by atoms with E-state index >= 15 is 0 Å². The van der Waals surface area contributed by atoms with Gasteiger partial charge < -0.3 is 14.8 Å². The highest BCUT2D eigenvalue weighted by Crippen LogP contribution is 2.31. The summed E-state index contributed by atoms with van der Waals surface area (Å²) in [4.78, 5) is 12.2. The van der Waals surface area contributed by atoms with E-state index in [1.165, 1.54) is 6.08 Å². The van der Waals surface area contributed by atoms with E-state index in [0.29, 0.717) is 37.8 Å². The molecule has 0 radical (unpaired) electrons. The monoisotopic (exact) mass is 475 g/mol. The molecule has 3 aromatic rings. The molecule has 7 heteroatoms. The largest absolute Gasteiger partial charge is 0.493 e. The van der Waals surface area contributed by atoms with Crippen molar-refractivity contribution in [1.82, 2.24) is 0 Å². The normalized spacial score (nSPS) is 10.9. The Morgan fingerprint density at radius 3 is 2.39 bits per heavy atom. The van der Waals surface area contributed by atoms with Crippen LogP contribution in [0.1, 0.15) is 16.7 Å². The molecule has 0 aromatic heterocycles. The first-order chi connectivity index (χ1) is 14.9. The molecule has 4 nitrogen and oxygen atoms in total. The van der Waals surface area contributed by atoms with Crippen LogP contribution in [0.15, 0.2) is 60.7 Å². The summed E-state index contributed by atoms with van der Waals surface area (Å²) in [5.74, 6) is 0.790. The molecule has 0 saturated carbocycles. The van der Waals surface area contributed by atoms with Gasteiger partial charge in [-0.2, -0.15) is 0 Å². The second-order valence-electron chi connectivity index (χ2n) is 6.69. The summed E-state index contributed by atoms with van der Waals surface area (Å²) in [6.07, 6.45) is 3.12. The van der Waals surface area contributed by atoms with Crippen molar-refractivity contribution in [2.24, 2.45) is 0 Å². The number of halogens is 3. The molecule has 0 aliphatic carbocycles. The molecule has 0 aliphatic rings. The van der Waals surface area contributed by atoms with Gasteiger partial charge in [0.1, 0.15) is 6.61 Å². The average Bonchev–Trinajstić information content (AvgIpc) is 2.75. The fraction of sp³-hybridized carbons (Fsp3) is 0.125. The van der Waals surface area contributed by atoms with Crippen molar-refractivity contribution in [3.8, 4) is 11.5 Å². The molecule has 160 valence electrons. The number of ether oxygens (including phenoxy) is 2. The van der Waals surface area contributed by atoms with Gasteiger partial charge in [-0.1, -0.05) is 53.0 Å². The first kappa shape index (κ1) is 23.0. The number of hydrogen-bond donors (Lipinski definition) is 1. The predicted octanol–water partition coefficient (Wildman–Crippen LogP) is 7.19. The van der Waals surface area contributed by atoms with E-state index in [9.17, 15) is 4.79 Å². The van der Waals surface area contributed by atoms with Crippen LogP contribution in [-0.4, -0.2) is 13.0 Å². The van der Waals surface area contributed by atoms with Crippen LogP contribution in [0.3, 0.4) is 0 Å². The van der Waals surface area contributed by atoms with Crippen molar-refractivity contribution in [1.29, 1.82) is 0 Å². The van der Waals surface area contributed by atoms with Crippen molar-refractivity contribution in [3.63, 3.8) is 0 Å². The number of benzene rings is 3. The van der Waals surface area contributed by atoms with Gasteiger partial charge in [-0.15, -0.1) is 0 Å². The van der Waals surface area contributed by atoms with Crippen LogP contribution in [-0.2, 0) is 11.4 Å². The third-order valence-corrected chi connectivity index (χ3v) is 5.60. The number of anilines is 1. The Morgan fingerprint density at radius 1 is 0.968 bits per heavy atom. The lowest BCUT2D eigenvalue weighted by molar-refractivity contribution is -0.111. The Bertz CT molecular complexity index is 1110. The van der Waals surface area contributed by atoms with E-state index in [1.54, 1.807) is 55.7 Å². The molecule has 31 heavy (non-hydrogen) atoms. The summed E-state index contributed by atoms with van der Waals surface area (Å²) >= 11 is 18.5. The molecule has 0 unspecified atom stereocenters. The minimum atomic E-state index is -0.271. The fourth-order valence-corrected chi connectivity index (χ4v) is 3.44. The molecule has 0 atom stereocenters. The number of hydrogen-bond acceptors (Lipinski definition) is 3. The maximum atomic E-state index is 12.2. The number of carbonyl (C=O) groups is 1. The van der Waals surface area contributed by atoms with Gasteiger partial charge in [0.2, 0.25) is 5.91 Å². The Hall–Kier alpha value is -2.66.